The van der Waals surface area contributed by atoms with E-state index in [9.17, 15) is 9.90 Å². The predicted molar refractivity (Wildman–Crippen MR) is 127 cm³/mol. The van der Waals surface area contributed by atoms with Crippen molar-refractivity contribution in [2.45, 2.75) is 26.3 Å². The van der Waals surface area contributed by atoms with E-state index in [1.165, 1.54) is 0 Å². The highest BCUT2D eigenvalue weighted by Crippen LogP contribution is 2.36. The first kappa shape index (κ1) is 21.4. The maximum absolute atomic E-state index is 12.1. The maximum atomic E-state index is 12.1. The number of hydrogen-bond acceptors (Lipinski definition) is 5. The van der Waals surface area contributed by atoms with Crippen LogP contribution in [0.25, 0.3) is 10.9 Å². The summed E-state index contributed by atoms with van der Waals surface area (Å²) in [4.78, 5) is 16.6. The smallest absolute Gasteiger partial charge is 0.338 e. The van der Waals surface area contributed by atoms with Crippen LogP contribution in [0.15, 0.2) is 78.9 Å². The zero-order valence-corrected chi connectivity index (χ0v) is 18.2. The number of benzene rings is 3. The molecule has 162 valence electrons. The number of phenols is 1. The van der Waals surface area contributed by atoms with E-state index >= 15 is 0 Å². The molecule has 0 amide bonds. The number of nitrogens with zero attached hydrogens (tertiary/aromatic N) is 1. The minimum absolute atomic E-state index is 0.160. The summed E-state index contributed by atoms with van der Waals surface area (Å²) in [5.74, 6) is -0.168. The van der Waals surface area contributed by atoms with Crippen molar-refractivity contribution in [1.29, 1.82) is 0 Å². The fraction of sp³-hybridized carbons (Fsp3) is 0.185. The number of aromatic nitrogens is 1. The summed E-state index contributed by atoms with van der Waals surface area (Å²) in [5.41, 5.74) is 4.49. The second kappa shape index (κ2) is 9.52. The number of hydrogen-bond donors (Lipinski definition) is 2. The molecular weight excluding hydrogens is 400 g/mol. The van der Waals surface area contributed by atoms with Crippen molar-refractivity contribution in [1.82, 2.24) is 4.98 Å². The van der Waals surface area contributed by atoms with Gasteiger partial charge in [0.25, 0.3) is 0 Å². The number of ether oxygens (including phenoxy) is 1. The van der Waals surface area contributed by atoms with Gasteiger partial charge in [-0.1, -0.05) is 55.5 Å². The Kier molecular flexibility index (Phi) is 6.36. The van der Waals surface area contributed by atoms with Crippen LogP contribution in [0.3, 0.4) is 0 Å². The molecule has 32 heavy (non-hydrogen) atoms. The summed E-state index contributed by atoms with van der Waals surface area (Å²) >= 11 is 0. The van der Waals surface area contributed by atoms with Crippen molar-refractivity contribution < 1.29 is 14.6 Å². The molecule has 5 nitrogen and oxygen atoms in total. The van der Waals surface area contributed by atoms with E-state index in [2.05, 4.69) is 10.3 Å². The topological polar surface area (TPSA) is 71.5 Å². The Bertz CT molecular complexity index is 1220. The summed E-state index contributed by atoms with van der Waals surface area (Å²) in [5, 5.41) is 15.5. The molecule has 4 aromatic rings. The average molecular weight is 427 g/mol. The fourth-order valence-electron chi connectivity index (χ4n) is 3.65. The van der Waals surface area contributed by atoms with E-state index in [-0.39, 0.29) is 17.8 Å². The summed E-state index contributed by atoms with van der Waals surface area (Å²) in [6.07, 6.45) is 0.785. The molecule has 0 fully saturated rings. The van der Waals surface area contributed by atoms with Crippen molar-refractivity contribution in [2.75, 3.05) is 11.9 Å². The van der Waals surface area contributed by atoms with Crippen LogP contribution < -0.4 is 5.32 Å². The summed E-state index contributed by atoms with van der Waals surface area (Å²) < 4.78 is 5.20. The zero-order chi connectivity index (χ0) is 22.5. The minimum Gasteiger partial charge on any atom is -0.505 e. The molecular formula is C27H26N2O3. The van der Waals surface area contributed by atoms with Crippen molar-refractivity contribution >= 4 is 22.6 Å². The van der Waals surface area contributed by atoms with Crippen LogP contribution in [0, 0.1) is 6.92 Å². The van der Waals surface area contributed by atoms with Crippen molar-refractivity contribution in [2.24, 2.45) is 0 Å². The van der Waals surface area contributed by atoms with Gasteiger partial charge in [0.15, 0.2) is 0 Å². The van der Waals surface area contributed by atoms with Gasteiger partial charge in [-0.05, 0) is 49.2 Å². The third kappa shape index (κ3) is 4.57. The normalized spacial score (nSPS) is 11.8. The highest BCUT2D eigenvalue weighted by Gasteiger charge is 2.20. The Labute approximate surface area is 187 Å². The van der Waals surface area contributed by atoms with Gasteiger partial charge < -0.3 is 15.2 Å². The van der Waals surface area contributed by atoms with E-state index < -0.39 is 0 Å². The van der Waals surface area contributed by atoms with Crippen LogP contribution in [0.5, 0.6) is 5.75 Å². The summed E-state index contributed by atoms with van der Waals surface area (Å²) in [7, 11) is 0. The van der Waals surface area contributed by atoms with Crippen LogP contribution in [-0.4, -0.2) is 22.7 Å². The van der Waals surface area contributed by atoms with Gasteiger partial charge in [-0.25, -0.2) is 9.78 Å². The fourth-order valence-corrected chi connectivity index (χ4v) is 3.65. The zero-order valence-electron chi connectivity index (χ0n) is 18.2. The second-order valence-corrected chi connectivity index (χ2v) is 7.73. The highest BCUT2D eigenvalue weighted by molar-refractivity contribution is 5.90. The van der Waals surface area contributed by atoms with Gasteiger partial charge >= 0.3 is 5.97 Å². The van der Waals surface area contributed by atoms with Crippen LogP contribution >= 0.6 is 0 Å². The number of nitrogens with one attached hydrogen (secondary N) is 1. The van der Waals surface area contributed by atoms with Gasteiger partial charge in [-0.2, -0.15) is 0 Å². The van der Waals surface area contributed by atoms with E-state index in [0.717, 1.165) is 34.3 Å². The van der Waals surface area contributed by atoms with Crippen LogP contribution in [0.4, 0.5) is 5.69 Å². The molecule has 0 aliphatic heterocycles. The number of aromatic hydroxyl groups is 1. The first-order chi connectivity index (χ1) is 15.6. The molecule has 0 saturated heterocycles. The van der Waals surface area contributed by atoms with Crippen molar-refractivity contribution in [3.8, 4) is 5.75 Å². The average Bonchev–Trinajstić information content (AvgIpc) is 2.83. The Morgan fingerprint density at radius 2 is 1.72 bits per heavy atom. The lowest BCUT2D eigenvalue weighted by molar-refractivity contribution is 0.0505. The Morgan fingerprint density at radius 3 is 2.44 bits per heavy atom. The van der Waals surface area contributed by atoms with E-state index in [0.29, 0.717) is 17.7 Å². The molecule has 5 heteroatoms. The second-order valence-electron chi connectivity index (χ2n) is 7.73. The summed E-state index contributed by atoms with van der Waals surface area (Å²) in [6, 6.07) is 24.6. The van der Waals surface area contributed by atoms with E-state index in [4.69, 9.17) is 4.74 Å². The molecule has 4 rings (SSSR count). The number of carbonyl (C=O) groups excluding carboxylic acids is 1. The molecule has 0 aliphatic carbocycles. The number of phenolic OH excluding ortho intramolecular Hbond substituents is 1. The number of aryl methyl sites for hydroxylation is 1. The molecule has 0 bridgehead atoms. The molecule has 1 unspecified atom stereocenters. The van der Waals surface area contributed by atoms with E-state index in [1.54, 1.807) is 12.1 Å². The number of anilines is 1. The van der Waals surface area contributed by atoms with Gasteiger partial charge in [0, 0.05) is 22.3 Å². The SMILES string of the molecule is CCCOC(=O)c1ccc(NC(c2ccccc2)c2ccc3ccc(C)nc3c2O)cc1. The first-order valence-electron chi connectivity index (χ1n) is 10.7. The van der Waals surface area contributed by atoms with E-state index in [1.807, 2.05) is 80.6 Å². The lowest BCUT2D eigenvalue weighted by atomic mass is 9.96. The highest BCUT2D eigenvalue weighted by atomic mass is 16.5. The monoisotopic (exact) mass is 426 g/mol. The standard InChI is InChI=1S/C27H26N2O3/c1-3-17-32-27(31)21-11-14-22(15-12-21)29-24(19-7-5-4-6-8-19)23-16-13-20-10-9-18(2)28-25(20)26(23)30/h4-16,24,29-30H,3,17H2,1-2H3. The predicted octanol–water partition coefficient (Wildman–Crippen LogP) is 6.02. The van der Waals surface area contributed by atoms with Gasteiger partial charge in [0.05, 0.1) is 18.2 Å². The number of fused-ring (bicyclic) bond motifs is 1. The van der Waals surface area contributed by atoms with Gasteiger partial charge in [-0.15, -0.1) is 0 Å². The van der Waals surface area contributed by atoms with Crippen LogP contribution in [-0.2, 0) is 4.74 Å². The molecule has 0 radical (unpaired) electrons. The number of esters is 1. The van der Waals surface area contributed by atoms with Crippen LogP contribution in [0.1, 0.15) is 46.6 Å². The number of pyridine rings is 1. The molecule has 0 spiro atoms. The van der Waals surface area contributed by atoms with Gasteiger partial charge in [-0.3, -0.25) is 0 Å². The lowest BCUT2D eigenvalue weighted by Gasteiger charge is -2.23. The Morgan fingerprint density at radius 1 is 1.00 bits per heavy atom. The minimum atomic E-state index is -0.327. The Hall–Kier alpha value is -3.86. The Balaban J connectivity index is 1.69. The molecule has 1 heterocycles. The van der Waals surface area contributed by atoms with Crippen LogP contribution in [0.2, 0.25) is 0 Å². The number of carbonyl (C=O) groups is 1. The summed E-state index contributed by atoms with van der Waals surface area (Å²) in [6.45, 7) is 4.28. The van der Waals surface area contributed by atoms with Crippen molar-refractivity contribution in [3.05, 3.63) is 101 Å². The molecule has 3 aromatic carbocycles. The third-order valence-electron chi connectivity index (χ3n) is 5.32. The molecule has 0 saturated carbocycles. The molecule has 2 N–H and O–H groups in total. The third-order valence-corrected chi connectivity index (χ3v) is 5.32. The maximum Gasteiger partial charge on any atom is 0.338 e. The van der Waals surface area contributed by atoms with Gasteiger partial charge in [0.2, 0.25) is 0 Å². The quantitative estimate of drug-likeness (QED) is 0.354. The molecule has 1 aromatic heterocycles. The largest absolute Gasteiger partial charge is 0.505 e. The van der Waals surface area contributed by atoms with Gasteiger partial charge in [0.1, 0.15) is 11.3 Å². The molecule has 1 atom stereocenters. The first-order valence-corrected chi connectivity index (χ1v) is 10.7. The van der Waals surface area contributed by atoms with Crippen molar-refractivity contribution in [3.63, 3.8) is 0 Å². The lowest BCUT2D eigenvalue weighted by Crippen LogP contribution is -2.13. The number of rotatable bonds is 7. The molecule has 0 aliphatic rings.